The van der Waals surface area contributed by atoms with Crippen molar-refractivity contribution < 1.29 is 0 Å². The normalized spacial score (nSPS) is 22.0. The standard InChI is InChI=1S/C15H17N3/c1-15(2)13(11-17)4-3-9-18(15)14-7-5-12(10-16)6-8-14/h5-8,13H,3-4,9H2,1-2H3. The van der Waals surface area contributed by atoms with E-state index in [0.29, 0.717) is 5.56 Å². The van der Waals surface area contributed by atoms with E-state index < -0.39 is 0 Å². The van der Waals surface area contributed by atoms with Crippen molar-refractivity contribution in [1.82, 2.24) is 0 Å². The number of nitriles is 2. The van der Waals surface area contributed by atoms with Crippen LogP contribution in [0.3, 0.4) is 0 Å². The van der Waals surface area contributed by atoms with Crippen LogP contribution in [0.2, 0.25) is 0 Å². The summed E-state index contributed by atoms with van der Waals surface area (Å²) in [6.45, 7) is 5.22. The number of piperidine rings is 1. The monoisotopic (exact) mass is 239 g/mol. The van der Waals surface area contributed by atoms with Gasteiger partial charge >= 0.3 is 0 Å². The van der Waals surface area contributed by atoms with E-state index in [4.69, 9.17) is 5.26 Å². The topological polar surface area (TPSA) is 50.8 Å². The second kappa shape index (κ2) is 4.70. The van der Waals surface area contributed by atoms with Gasteiger partial charge in [-0.1, -0.05) is 0 Å². The summed E-state index contributed by atoms with van der Waals surface area (Å²) in [6.07, 6.45) is 2.01. The maximum Gasteiger partial charge on any atom is 0.0991 e. The van der Waals surface area contributed by atoms with Crippen molar-refractivity contribution in [3.05, 3.63) is 29.8 Å². The molecule has 1 unspecified atom stereocenters. The van der Waals surface area contributed by atoms with Crippen molar-refractivity contribution in [2.75, 3.05) is 11.4 Å². The molecule has 3 heteroatoms. The fourth-order valence-corrected chi connectivity index (χ4v) is 2.68. The zero-order chi connectivity index (χ0) is 13.2. The number of anilines is 1. The first kappa shape index (κ1) is 12.5. The van der Waals surface area contributed by atoms with Gasteiger partial charge in [-0.05, 0) is 51.0 Å². The highest BCUT2D eigenvalue weighted by atomic mass is 15.2. The van der Waals surface area contributed by atoms with E-state index in [9.17, 15) is 5.26 Å². The molecule has 3 nitrogen and oxygen atoms in total. The Hall–Kier alpha value is -2.00. The number of benzene rings is 1. The highest BCUT2D eigenvalue weighted by Crippen LogP contribution is 2.36. The SMILES string of the molecule is CC1(C)C(C#N)CCCN1c1ccc(C#N)cc1. The molecule has 0 N–H and O–H groups in total. The summed E-state index contributed by atoms with van der Waals surface area (Å²) >= 11 is 0. The van der Waals surface area contributed by atoms with Crippen LogP contribution in [-0.4, -0.2) is 12.1 Å². The van der Waals surface area contributed by atoms with E-state index in [1.807, 2.05) is 24.3 Å². The Bertz CT molecular complexity index is 502. The molecule has 1 saturated heterocycles. The first-order valence-corrected chi connectivity index (χ1v) is 6.27. The van der Waals surface area contributed by atoms with Gasteiger partial charge in [0.1, 0.15) is 0 Å². The van der Waals surface area contributed by atoms with Gasteiger partial charge in [0, 0.05) is 12.2 Å². The molecule has 2 rings (SSSR count). The quantitative estimate of drug-likeness (QED) is 0.756. The number of hydrogen-bond acceptors (Lipinski definition) is 3. The van der Waals surface area contributed by atoms with Gasteiger partial charge in [0.2, 0.25) is 0 Å². The van der Waals surface area contributed by atoms with Crippen molar-refractivity contribution in [1.29, 1.82) is 10.5 Å². The molecule has 0 aromatic heterocycles. The van der Waals surface area contributed by atoms with Gasteiger partial charge in [-0.15, -0.1) is 0 Å². The molecule has 18 heavy (non-hydrogen) atoms. The molecule has 92 valence electrons. The molecular formula is C15H17N3. The third-order valence-corrected chi connectivity index (χ3v) is 3.89. The summed E-state index contributed by atoms with van der Waals surface area (Å²) in [6, 6.07) is 12.2. The number of nitrogens with zero attached hydrogens (tertiary/aromatic N) is 3. The Balaban J connectivity index is 2.31. The molecule has 1 heterocycles. The van der Waals surface area contributed by atoms with E-state index in [1.165, 1.54) is 0 Å². The second-order valence-electron chi connectivity index (χ2n) is 5.29. The van der Waals surface area contributed by atoms with Gasteiger partial charge < -0.3 is 4.90 Å². The molecule has 0 saturated carbocycles. The summed E-state index contributed by atoms with van der Waals surface area (Å²) in [5.41, 5.74) is 1.62. The average molecular weight is 239 g/mol. The minimum atomic E-state index is -0.152. The van der Waals surface area contributed by atoms with Crippen LogP contribution in [0.15, 0.2) is 24.3 Å². The predicted octanol–water partition coefficient (Wildman–Crippen LogP) is 3.08. The van der Waals surface area contributed by atoms with Crippen molar-refractivity contribution >= 4 is 5.69 Å². The predicted molar refractivity (Wildman–Crippen MR) is 70.9 cm³/mol. The Morgan fingerprint density at radius 2 is 1.89 bits per heavy atom. The molecule has 1 fully saturated rings. The first-order chi connectivity index (χ1) is 8.59. The molecule has 1 atom stereocenters. The number of hydrogen-bond donors (Lipinski definition) is 0. The van der Waals surface area contributed by atoms with Crippen LogP contribution in [0.4, 0.5) is 5.69 Å². The Morgan fingerprint density at radius 3 is 2.44 bits per heavy atom. The lowest BCUT2D eigenvalue weighted by Gasteiger charge is -2.47. The first-order valence-electron chi connectivity index (χ1n) is 6.27. The average Bonchev–Trinajstić information content (AvgIpc) is 2.38. The van der Waals surface area contributed by atoms with Gasteiger partial charge in [0.25, 0.3) is 0 Å². The minimum Gasteiger partial charge on any atom is -0.365 e. The van der Waals surface area contributed by atoms with Crippen molar-refractivity contribution in [3.63, 3.8) is 0 Å². The highest BCUT2D eigenvalue weighted by Gasteiger charge is 2.38. The molecule has 0 aliphatic carbocycles. The summed E-state index contributed by atoms with van der Waals surface area (Å²) in [5, 5.41) is 18.1. The molecule has 1 aliphatic heterocycles. The van der Waals surface area contributed by atoms with Crippen LogP contribution in [0.25, 0.3) is 0 Å². The Labute approximate surface area is 108 Å². The largest absolute Gasteiger partial charge is 0.365 e. The summed E-state index contributed by atoms with van der Waals surface area (Å²) < 4.78 is 0. The van der Waals surface area contributed by atoms with E-state index in [2.05, 4.69) is 30.9 Å². The van der Waals surface area contributed by atoms with Crippen LogP contribution in [0, 0.1) is 28.6 Å². The summed E-state index contributed by atoms with van der Waals surface area (Å²) in [5.74, 6) is 0.0573. The lowest BCUT2D eigenvalue weighted by Crippen LogP contribution is -2.53. The molecule has 1 aromatic carbocycles. The maximum absolute atomic E-state index is 9.25. The van der Waals surface area contributed by atoms with Crippen LogP contribution < -0.4 is 4.90 Å². The van der Waals surface area contributed by atoms with E-state index in [0.717, 1.165) is 25.1 Å². The van der Waals surface area contributed by atoms with E-state index >= 15 is 0 Å². The van der Waals surface area contributed by atoms with Gasteiger partial charge in [0.15, 0.2) is 0 Å². The summed E-state index contributed by atoms with van der Waals surface area (Å²) in [4.78, 5) is 2.28. The van der Waals surface area contributed by atoms with Gasteiger partial charge in [-0.25, -0.2) is 0 Å². The van der Waals surface area contributed by atoms with Crippen LogP contribution in [0.1, 0.15) is 32.3 Å². The third-order valence-electron chi connectivity index (χ3n) is 3.89. The fraction of sp³-hybridized carbons (Fsp3) is 0.467. The zero-order valence-corrected chi connectivity index (χ0v) is 10.8. The zero-order valence-electron chi connectivity index (χ0n) is 10.8. The van der Waals surface area contributed by atoms with Crippen molar-refractivity contribution in [3.8, 4) is 12.1 Å². The van der Waals surface area contributed by atoms with Gasteiger partial charge in [-0.2, -0.15) is 10.5 Å². The second-order valence-corrected chi connectivity index (χ2v) is 5.29. The lowest BCUT2D eigenvalue weighted by molar-refractivity contribution is 0.292. The molecule has 1 aromatic rings. The smallest absolute Gasteiger partial charge is 0.0991 e. The Kier molecular flexibility index (Phi) is 3.26. The molecule has 0 bridgehead atoms. The fourth-order valence-electron chi connectivity index (χ4n) is 2.68. The highest BCUT2D eigenvalue weighted by molar-refractivity contribution is 5.52. The Morgan fingerprint density at radius 1 is 1.22 bits per heavy atom. The van der Waals surface area contributed by atoms with Crippen molar-refractivity contribution in [2.45, 2.75) is 32.2 Å². The van der Waals surface area contributed by atoms with Crippen LogP contribution in [0.5, 0.6) is 0 Å². The third kappa shape index (κ3) is 2.05. The van der Waals surface area contributed by atoms with Gasteiger partial charge in [-0.3, -0.25) is 0 Å². The molecule has 1 aliphatic rings. The lowest BCUT2D eigenvalue weighted by atomic mass is 9.79. The van der Waals surface area contributed by atoms with E-state index in [-0.39, 0.29) is 11.5 Å². The summed E-state index contributed by atoms with van der Waals surface area (Å²) in [7, 11) is 0. The van der Waals surface area contributed by atoms with Gasteiger partial charge in [0.05, 0.1) is 29.2 Å². The minimum absolute atomic E-state index is 0.0573. The van der Waals surface area contributed by atoms with Crippen LogP contribution in [-0.2, 0) is 0 Å². The molecular weight excluding hydrogens is 222 g/mol. The molecule has 0 radical (unpaired) electrons. The number of rotatable bonds is 1. The maximum atomic E-state index is 9.25. The van der Waals surface area contributed by atoms with E-state index in [1.54, 1.807) is 0 Å². The molecule has 0 amide bonds. The molecule has 0 spiro atoms. The van der Waals surface area contributed by atoms with Crippen LogP contribution >= 0.6 is 0 Å². The van der Waals surface area contributed by atoms with Crippen molar-refractivity contribution in [2.24, 2.45) is 5.92 Å².